The normalized spacial score (nSPS) is 11.6. The molecule has 0 radical (unpaired) electrons. The predicted molar refractivity (Wildman–Crippen MR) is 96.0 cm³/mol. The minimum Gasteiger partial charge on any atom is -0.350 e. The fourth-order valence-corrected chi connectivity index (χ4v) is 3.91. The maximum Gasteiger partial charge on any atom is 0.213 e. The first-order valence-electron chi connectivity index (χ1n) is 7.70. The summed E-state index contributed by atoms with van der Waals surface area (Å²) in [5.74, 6) is -0.249. The summed E-state index contributed by atoms with van der Waals surface area (Å²) in [4.78, 5) is 9.47. The Labute approximate surface area is 146 Å². The molecule has 0 amide bonds. The third kappa shape index (κ3) is 2.24. The molecule has 0 N–H and O–H groups in total. The summed E-state index contributed by atoms with van der Waals surface area (Å²) >= 11 is 1.49. The predicted octanol–water partition coefficient (Wildman–Crippen LogP) is 4.15. The van der Waals surface area contributed by atoms with Crippen LogP contribution in [0.5, 0.6) is 0 Å². The van der Waals surface area contributed by atoms with Crippen LogP contribution in [-0.2, 0) is 7.05 Å². The monoisotopic (exact) mass is 349 g/mol. The maximum atomic E-state index is 13.7. The van der Waals surface area contributed by atoms with E-state index in [-0.39, 0.29) is 5.82 Å². The molecule has 4 aromatic heterocycles. The van der Waals surface area contributed by atoms with E-state index in [4.69, 9.17) is 0 Å². The molecule has 0 unspecified atom stereocenters. The number of aryl methyl sites for hydroxylation is 1. The molecule has 25 heavy (non-hydrogen) atoms. The van der Waals surface area contributed by atoms with Gasteiger partial charge in [-0.25, -0.2) is 13.9 Å². The van der Waals surface area contributed by atoms with Crippen LogP contribution < -0.4 is 0 Å². The lowest BCUT2D eigenvalue weighted by molar-refractivity contribution is 0.629. The number of hydrogen-bond acceptors (Lipinski definition) is 4. The highest BCUT2D eigenvalue weighted by molar-refractivity contribution is 7.20. The molecule has 5 nitrogen and oxygen atoms in total. The number of halogens is 1. The number of fused-ring (bicyclic) bond motifs is 2. The van der Waals surface area contributed by atoms with E-state index in [2.05, 4.69) is 15.1 Å². The molecule has 4 heterocycles. The first-order chi connectivity index (χ1) is 12.2. The standard InChI is InChI=1S/C18H12FN5S/c1-23-9-14(13-8-12(19)2-3-16(13)23)17-22-24-10-15(21-18(24)25-17)11-4-6-20-7-5-11/h2-10H,1H3. The molecule has 0 spiro atoms. The van der Waals surface area contributed by atoms with Crippen LogP contribution in [0.2, 0.25) is 0 Å². The van der Waals surface area contributed by atoms with Crippen molar-refractivity contribution in [2.45, 2.75) is 0 Å². The van der Waals surface area contributed by atoms with Crippen LogP contribution >= 0.6 is 11.3 Å². The number of nitrogens with zero attached hydrogens (tertiary/aromatic N) is 5. The van der Waals surface area contributed by atoms with Gasteiger partial charge in [0.05, 0.1) is 11.9 Å². The van der Waals surface area contributed by atoms with Crippen LogP contribution in [-0.4, -0.2) is 24.1 Å². The maximum absolute atomic E-state index is 13.7. The number of rotatable bonds is 2. The van der Waals surface area contributed by atoms with Crippen LogP contribution in [0, 0.1) is 5.82 Å². The summed E-state index contributed by atoms with van der Waals surface area (Å²) in [5, 5.41) is 6.32. The van der Waals surface area contributed by atoms with Gasteiger partial charge in [0.1, 0.15) is 10.8 Å². The van der Waals surface area contributed by atoms with E-state index in [0.29, 0.717) is 0 Å². The number of benzene rings is 1. The molecule has 0 aliphatic carbocycles. The molecule has 5 rings (SSSR count). The average molecular weight is 349 g/mol. The van der Waals surface area contributed by atoms with Crippen molar-refractivity contribution in [3.63, 3.8) is 0 Å². The summed E-state index contributed by atoms with van der Waals surface area (Å²) in [6.07, 6.45) is 7.36. The SMILES string of the molecule is Cn1cc(-c2nn3cc(-c4ccncc4)nc3s2)c2cc(F)ccc21. The van der Waals surface area contributed by atoms with Crippen molar-refractivity contribution in [3.8, 4) is 21.8 Å². The average Bonchev–Trinajstić information content (AvgIpc) is 3.27. The van der Waals surface area contributed by atoms with Crippen LogP contribution in [0.3, 0.4) is 0 Å². The Bertz CT molecular complexity index is 1190. The van der Waals surface area contributed by atoms with Crippen LogP contribution in [0.25, 0.3) is 37.7 Å². The van der Waals surface area contributed by atoms with Crippen LogP contribution in [0.15, 0.2) is 55.1 Å². The van der Waals surface area contributed by atoms with Crippen molar-refractivity contribution in [2.75, 3.05) is 0 Å². The molecule has 7 heteroatoms. The number of aromatic nitrogens is 5. The van der Waals surface area contributed by atoms with Crippen molar-refractivity contribution in [1.82, 2.24) is 24.1 Å². The van der Waals surface area contributed by atoms with E-state index in [1.165, 1.54) is 17.4 Å². The summed E-state index contributed by atoms with van der Waals surface area (Å²) in [6, 6.07) is 8.65. The van der Waals surface area contributed by atoms with Crippen molar-refractivity contribution in [2.24, 2.45) is 7.05 Å². The summed E-state index contributed by atoms with van der Waals surface area (Å²) in [6.45, 7) is 0. The summed E-state index contributed by atoms with van der Waals surface area (Å²) in [7, 11) is 1.95. The Morgan fingerprint density at radius 1 is 1.08 bits per heavy atom. The fraction of sp³-hybridized carbons (Fsp3) is 0.0556. The zero-order chi connectivity index (χ0) is 17.0. The summed E-state index contributed by atoms with van der Waals surface area (Å²) < 4.78 is 17.4. The Balaban J connectivity index is 1.65. The van der Waals surface area contributed by atoms with Gasteiger partial charge >= 0.3 is 0 Å². The molecule has 0 fully saturated rings. The Hall–Kier alpha value is -3.06. The molecule has 122 valence electrons. The summed E-state index contributed by atoms with van der Waals surface area (Å²) in [5.41, 5.74) is 3.75. The zero-order valence-corrected chi connectivity index (χ0v) is 14.0. The van der Waals surface area contributed by atoms with Gasteiger partial charge in [-0.2, -0.15) is 5.10 Å². The lowest BCUT2D eigenvalue weighted by atomic mass is 10.2. The fourth-order valence-electron chi connectivity index (χ4n) is 3.01. The van der Waals surface area contributed by atoms with E-state index in [1.807, 2.05) is 36.1 Å². The van der Waals surface area contributed by atoms with Gasteiger partial charge in [0.15, 0.2) is 0 Å². The second kappa shape index (κ2) is 5.22. The van der Waals surface area contributed by atoms with E-state index in [0.717, 1.165) is 37.7 Å². The number of pyridine rings is 1. The molecular formula is C18H12FN5S. The lowest BCUT2D eigenvalue weighted by Gasteiger charge is -1.95. The molecule has 0 bridgehead atoms. The second-order valence-corrected chi connectivity index (χ2v) is 6.77. The highest BCUT2D eigenvalue weighted by Crippen LogP contribution is 2.34. The Morgan fingerprint density at radius 3 is 2.72 bits per heavy atom. The highest BCUT2D eigenvalue weighted by atomic mass is 32.1. The van der Waals surface area contributed by atoms with Gasteiger partial charge in [-0.05, 0) is 30.3 Å². The number of imidazole rings is 1. The number of hydrogen-bond donors (Lipinski definition) is 0. The molecule has 0 aliphatic heterocycles. The van der Waals surface area contributed by atoms with Gasteiger partial charge in [-0.15, -0.1) is 0 Å². The van der Waals surface area contributed by atoms with Gasteiger partial charge in [-0.1, -0.05) is 11.3 Å². The molecule has 0 saturated heterocycles. The first-order valence-corrected chi connectivity index (χ1v) is 8.52. The Kier molecular flexibility index (Phi) is 2.98. The molecule has 0 atom stereocenters. The van der Waals surface area contributed by atoms with Crippen LogP contribution in [0.1, 0.15) is 0 Å². The molecular weight excluding hydrogens is 337 g/mol. The Morgan fingerprint density at radius 2 is 1.92 bits per heavy atom. The molecule has 0 saturated carbocycles. The minimum absolute atomic E-state index is 0.249. The zero-order valence-electron chi connectivity index (χ0n) is 13.2. The lowest BCUT2D eigenvalue weighted by Crippen LogP contribution is -1.83. The van der Waals surface area contributed by atoms with Crippen LogP contribution in [0.4, 0.5) is 4.39 Å². The minimum atomic E-state index is -0.249. The van der Waals surface area contributed by atoms with Gasteiger partial charge in [0, 0.05) is 47.7 Å². The van der Waals surface area contributed by atoms with Gasteiger partial charge < -0.3 is 4.57 Å². The van der Waals surface area contributed by atoms with Crippen molar-refractivity contribution in [3.05, 3.63) is 60.9 Å². The van der Waals surface area contributed by atoms with Gasteiger partial charge in [0.2, 0.25) is 4.96 Å². The van der Waals surface area contributed by atoms with E-state index in [1.54, 1.807) is 29.0 Å². The van der Waals surface area contributed by atoms with Crippen molar-refractivity contribution >= 4 is 27.2 Å². The highest BCUT2D eigenvalue weighted by Gasteiger charge is 2.16. The van der Waals surface area contributed by atoms with E-state index in [9.17, 15) is 4.39 Å². The van der Waals surface area contributed by atoms with E-state index >= 15 is 0 Å². The molecule has 0 aliphatic rings. The first kappa shape index (κ1) is 14.3. The third-order valence-electron chi connectivity index (χ3n) is 4.20. The van der Waals surface area contributed by atoms with Gasteiger partial charge in [-0.3, -0.25) is 4.98 Å². The second-order valence-electron chi connectivity index (χ2n) is 5.81. The molecule has 5 aromatic rings. The van der Waals surface area contributed by atoms with E-state index < -0.39 is 0 Å². The van der Waals surface area contributed by atoms with Crippen molar-refractivity contribution in [1.29, 1.82) is 0 Å². The molecule has 1 aromatic carbocycles. The largest absolute Gasteiger partial charge is 0.350 e. The quantitative estimate of drug-likeness (QED) is 0.481. The van der Waals surface area contributed by atoms with Gasteiger partial charge in [0.25, 0.3) is 0 Å². The van der Waals surface area contributed by atoms with Crippen molar-refractivity contribution < 1.29 is 4.39 Å². The smallest absolute Gasteiger partial charge is 0.213 e. The third-order valence-corrected chi connectivity index (χ3v) is 5.16. The topological polar surface area (TPSA) is 48.0 Å².